The summed E-state index contributed by atoms with van der Waals surface area (Å²) < 4.78 is 0. The van der Waals surface area contributed by atoms with Crippen LogP contribution in [0.25, 0.3) is 0 Å². The third-order valence-electron chi connectivity index (χ3n) is 5.13. The molecule has 0 aromatic heterocycles. The molecular formula is C18H25N3O2. The number of para-hydroxylation sites is 1. The van der Waals surface area contributed by atoms with Crippen molar-refractivity contribution < 1.29 is 9.59 Å². The number of anilines is 1. The van der Waals surface area contributed by atoms with Crippen LogP contribution < -0.4 is 10.6 Å². The SMILES string of the molecule is C[C@@H]1CCc2ccccc2N1CCC(=O)N1CCC[C@@H]1C(N)=O. The van der Waals surface area contributed by atoms with E-state index in [0.717, 1.165) is 19.3 Å². The van der Waals surface area contributed by atoms with Crippen LogP contribution in [0.2, 0.25) is 0 Å². The van der Waals surface area contributed by atoms with E-state index in [4.69, 9.17) is 5.73 Å². The Balaban J connectivity index is 1.66. The van der Waals surface area contributed by atoms with Crippen LogP contribution in [0.3, 0.4) is 0 Å². The fourth-order valence-electron chi connectivity index (χ4n) is 3.82. The molecule has 1 aromatic carbocycles. The summed E-state index contributed by atoms with van der Waals surface area (Å²) in [5.41, 5.74) is 8.01. The summed E-state index contributed by atoms with van der Waals surface area (Å²) in [6.07, 6.45) is 4.20. The first-order chi connectivity index (χ1) is 11.1. The zero-order valence-corrected chi connectivity index (χ0v) is 13.7. The standard InChI is InChI=1S/C18H25N3O2/c1-13-8-9-14-5-2-3-6-15(14)20(13)12-10-17(22)21-11-4-7-16(21)18(19)23/h2-3,5-6,13,16H,4,7-12H2,1H3,(H2,19,23)/t13-,16-/m1/s1. The topological polar surface area (TPSA) is 66.6 Å². The lowest BCUT2D eigenvalue weighted by molar-refractivity contribution is -0.137. The van der Waals surface area contributed by atoms with Gasteiger partial charge in [0.25, 0.3) is 0 Å². The normalized spacial score (nSPS) is 23.7. The van der Waals surface area contributed by atoms with Crippen molar-refractivity contribution in [3.05, 3.63) is 29.8 Å². The molecule has 124 valence electrons. The average molecular weight is 315 g/mol. The zero-order valence-electron chi connectivity index (χ0n) is 13.7. The van der Waals surface area contributed by atoms with Crippen molar-refractivity contribution in [3.8, 4) is 0 Å². The number of carbonyl (C=O) groups is 2. The molecule has 0 bridgehead atoms. The number of aryl methyl sites for hydroxylation is 1. The van der Waals surface area contributed by atoms with Gasteiger partial charge >= 0.3 is 0 Å². The Morgan fingerprint density at radius 1 is 1.26 bits per heavy atom. The molecule has 2 amide bonds. The van der Waals surface area contributed by atoms with E-state index in [-0.39, 0.29) is 11.8 Å². The van der Waals surface area contributed by atoms with E-state index in [1.165, 1.54) is 11.3 Å². The van der Waals surface area contributed by atoms with Crippen LogP contribution in [0.5, 0.6) is 0 Å². The molecule has 5 nitrogen and oxygen atoms in total. The second-order valence-electron chi connectivity index (χ2n) is 6.61. The zero-order chi connectivity index (χ0) is 16.4. The van der Waals surface area contributed by atoms with Crippen molar-refractivity contribution in [2.45, 2.75) is 51.1 Å². The van der Waals surface area contributed by atoms with E-state index in [2.05, 4.69) is 36.1 Å². The molecule has 0 spiro atoms. The summed E-state index contributed by atoms with van der Waals surface area (Å²) in [4.78, 5) is 28.0. The Labute approximate surface area is 137 Å². The predicted octanol–water partition coefficient (Wildman–Crippen LogP) is 1.69. The molecule has 5 heteroatoms. The number of benzene rings is 1. The lowest BCUT2D eigenvalue weighted by atomic mass is 9.96. The molecule has 2 N–H and O–H groups in total. The van der Waals surface area contributed by atoms with E-state index < -0.39 is 6.04 Å². The highest BCUT2D eigenvalue weighted by molar-refractivity contribution is 5.87. The first-order valence-corrected chi connectivity index (χ1v) is 8.51. The fraction of sp³-hybridized carbons (Fsp3) is 0.556. The maximum atomic E-state index is 12.5. The van der Waals surface area contributed by atoms with Gasteiger partial charge in [-0.05, 0) is 44.2 Å². The highest BCUT2D eigenvalue weighted by Crippen LogP contribution is 2.30. The number of hydrogen-bond acceptors (Lipinski definition) is 3. The van der Waals surface area contributed by atoms with Gasteiger partial charge in [0.1, 0.15) is 6.04 Å². The Morgan fingerprint density at radius 2 is 2.04 bits per heavy atom. The number of rotatable bonds is 4. The van der Waals surface area contributed by atoms with Crippen molar-refractivity contribution in [2.75, 3.05) is 18.0 Å². The van der Waals surface area contributed by atoms with Crippen molar-refractivity contribution in [1.82, 2.24) is 4.90 Å². The van der Waals surface area contributed by atoms with E-state index in [9.17, 15) is 9.59 Å². The smallest absolute Gasteiger partial charge is 0.240 e. The number of likely N-dealkylation sites (tertiary alicyclic amines) is 1. The molecule has 0 saturated carbocycles. The highest BCUT2D eigenvalue weighted by Gasteiger charge is 2.33. The third-order valence-corrected chi connectivity index (χ3v) is 5.13. The minimum atomic E-state index is -0.409. The number of fused-ring (bicyclic) bond motifs is 1. The Hall–Kier alpha value is -2.04. The molecule has 2 atom stereocenters. The molecule has 1 fully saturated rings. The summed E-state index contributed by atoms with van der Waals surface area (Å²) in [7, 11) is 0. The molecule has 1 saturated heterocycles. The number of carbonyl (C=O) groups excluding carboxylic acids is 2. The first kappa shape index (κ1) is 15.8. The molecule has 3 rings (SSSR count). The lowest BCUT2D eigenvalue weighted by Gasteiger charge is -2.37. The van der Waals surface area contributed by atoms with Crippen LogP contribution in [0.4, 0.5) is 5.69 Å². The highest BCUT2D eigenvalue weighted by atomic mass is 16.2. The second kappa shape index (κ2) is 6.60. The van der Waals surface area contributed by atoms with E-state index >= 15 is 0 Å². The van der Waals surface area contributed by atoms with E-state index in [0.29, 0.717) is 32.0 Å². The Bertz CT molecular complexity index is 602. The molecular weight excluding hydrogens is 290 g/mol. The molecule has 23 heavy (non-hydrogen) atoms. The third kappa shape index (κ3) is 3.19. The second-order valence-corrected chi connectivity index (χ2v) is 6.61. The van der Waals surface area contributed by atoms with Crippen molar-refractivity contribution in [3.63, 3.8) is 0 Å². The Morgan fingerprint density at radius 3 is 2.83 bits per heavy atom. The molecule has 0 unspecified atom stereocenters. The van der Waals surface area contributed by atoms with Gasteiger partial charge in [0, 0.05) is 31.2 Å². The molecule has 0 aliphatic carbocycles. The maximum Gasteiger partial charge on any atom is 0.240 e. The fourth-order valence-corrected chi connectivity index (χ4v) is 3.82. The van der Waals surface area contributed by atoms with Crippen LogP contribution in [0.15, 0.2) is 24.3 Å². The summed E-state index contributed by atoms with van der Waals surface area (Å²) in [5, 5.41) is 0. The lowest BCUT2D eigenvalue weighted by Crippen LogP contribution is -2.45. The quantitative estimate of drug-likeness (QED) is 0.919. The van der Waals surface area contributed by atoms with Crippen molar-refractivity contribution in [2.24, 2.45) is 5.73 Å². The molecule has 2 heterocycles. The van der Waals surface area contributed by atoms with Gasteiger partial charge in [0.2, 0.25) is 11.8 Å². The van der Waals surface area contributed by atoms with Gasteiger partial charge in [-0.15, -0.1) is 0 Å². The summed E-state index contributed by atoms with van der Waals surface area (Å²) in [6.45, 7) is 3.56. The minimum Gasteiger partial charge on any atom is -0.368 e. The van der Waals surface area contributed by atoms with Crippen LogP contribution in [0.1, 0.15) is 38.2 Å². The van der Waals surface area contributed by atoms with Crippen LogP contribution in [0, 0.1) is 0 Å². The van der Waals surface area contributed by atoms with Gasteiger partial charge < -0.3 is 15.5 Å². The first-order valence-electron chi connectivity index (χ1n) is 8.51. The van der Waals surface area contributed by atoms with Crippen LogP contribution >= 0.6 is 0 Å². The van der Waals surface area contributed by atoms with Crippen LogP contribution in [-0.2, 0) is 16.0 Å². The Kier molecular flexibility index (Phi) is 4.55. The van der Waals surface area contributed by atoms with Gasteiger partial charge in [-0.1, -0.05) is 18.2 Å². The monoisotopic (exact) mass is 315 g/mol. The van der Waals surface area contributed by atoms with E-state index in [1.54, 1.807) is 4.90 Å². The average Bonchev–Trinajstić information content (AvgIpc) is 3.03. The number of amides is 2. The number of nitrogens with two attached hydrogens (primary N) is 1. The van der Waals surface area contributed by atoms with Crippen molar-refractivity contribution >= 4 is 17.5 Å². The van der Waals surface area contributed by atoms with Gasteiger partial charge in [0.15, 0.2) is 0 Å². The van der Waals surface area contributed by atoms with Gasteiger partial charge in [-0.2, -0.15) is 0 Å². The van der Waals surface area contributed by atoms with Gasteiger partial charge in [0.05, 0.1) is 0 Å². The predicted molar refractivity (Wildman–Crippen MR) is 90.1 cm³/mol. The summed E-state index contributed by atoms with van der Waals surface area (Å²) >= 11 is 0. The summed E-state index contributed by atoms with van der Waals surface area (Å²) in [6, 6.07) is 8.45. The molecule has 0 radical (unpaired) electrons. The maximum absolute atomic E-state index is 12.5. The number of hydrogen-bond donors (Lipinski definition) is 1. The molecule has 2 aliphatic heterocycles. The number of primary amides is 1. The number of nitrogens with zero attached hydrogens (tertiary/aromatic N) is 2. The van der Waals surface area contributed by atoms with Gasteiger partial charge in [-0.3, -0.25) is 9.59 Å². The molecule has 2 aliphatic rings. The molecule has 1 aromatic rings. The van der Waals surface area contributed by atoms with Gasteiger partial charge in [-0.25, -0.2) is 0 Å². The van der Waals surface area contributed by atoms with Crippen molar-refractivity contribution in [1.29, 1.82) is 0 Å². The minimum absolute atomic E-state index is 0.0431. The van der Waals surface area contributed by atoms with Crippen LogP contribution in [-0.4, -0.2) is 41.9 Å². The van der Waals surface area contributed by atoms with E-state index in [1.807, 2.05) is 0 Å². The largest absolute Gasteiger partial charge is 0.368 e. The summed E-state index contributed by atoms with van der Waals surface area (Å²) in [5.74, 6) is -0.339.